The van der Waals surface area contributed by atoms with Crippen LogP contribution in [0, 0.1) is 6.92 Å². The van der Waals surface area contributed by atoms with Crippen molar-refractivity contribution in [1.82, 2.24) is 4.98 Å². The number of pyridine rings is 1. The Kier molecular flexibility index (Phi) is 4.20. The predicted octanol–water partition coefficient (Wildman–Crippen LogP) is 3.77. The number of benzene rings is 1. The fraction of sp³-hybridized carbons (Fsp3) is 0.214. The van der Waals surface area contributed by atoms with Crippen LogP contribution in [0.5, 0.6) is 5.75 Å². The number of halogens is 1. The quantitative estimate of drug-likeness (QED) is 0.873. The van der Waals surface area contributed by atoms with Crippen LogP contribution in [-0.4, -0.2) is 12.1 Å². The lowest BCUT2D eigenvalue weighted by Crippen LogP contribution is -2.00. The van der Waals surface area contributed by atoms with E-state index in [0.717, 1.165) is 28.1 Å². The maximum absolute atomic E-state index is 5.20. The van der Waals surface area contributed by atoms with Gasteiger partial charge >= 0.3 is 0 Å². The summed E-state index contributed by atoms with van der Waals surface area (Å²) < 4.78 is 6.08. The van der Waals surface area contributed by atoms with E-state index in [2.05, 4.69) is 38.4 Å². The molecule has 0 aliphatic heterocycles. The van der Waals surface area contributed by atoms with Crippen LogP contribution in [0.3, 0.4) is 0 Å². The number of aryl methyl sites for hydroxylation is 1. The molecule has 18 heavy (non-hydrogen) atoms. The van der Waals surface area contributed by atoms with Gasteiger partial charge in [-0.1, -0.05) is 12.1 Å². The highest BCUT2D eigenvalue weighted by molar-refractivity contribution is 9.10. The second kappa shape index (κ2) is 5.87. The second-order valence-electron chi connectivity index (χ2n) is 4.04. The standard InChI is InChI=1S/C14H15BrN2O/c1-10-6-12(9-17-14(10)15)16-8-11-4-3-5-13(7-11)18-2/h3-7,9,16H,8H2,1-2H3. The molecule has 0 saturated heterocycles. The number of aromatic nitrogens is 1. The van der Waals surface area contributed by atoms with E-state index in [1.165, 1.54) is 5.56 Å². The number of ether oxygens (including phenoxy) is 1. The minimum Gasteiger partial charge on any atom is -0.497 e. The Morgan fingerprint density at radius 2 is 2.17 bits per heavy atom. The second-order valence-corrected chi connectivity index (χ2v) is 4.79. The van der Waals surface area contributed by atoms with Gasteiger partial charge in [0.1, 0.15) is 10.4 Å². The third kappa shape index (κ3) is 3.23. The molecule has 0 aliphatic carbocycles. The van der Waals surface area contributed by atoms with Crippen molar-refractivity contribution >= 4 is 21.6 Å². The molecule has 1 aromatic heterocycles. The molecule has 0 fully saturated rings. The molecule has 1 N–H and O–H groups in total. The van der Waals surface area contributed by atoms with Crippen LogP contribution in [-0.2, 0) is 6.54 Å². The fourth-order valence-corrected chi connectivity index (χ4v) is 1.86. The molecule has 0 atom stereocenters. The van der Waals surface area contributed by atoms with E-state index in [1.807, 2.05) is 31.3 Å². The topological polar surface area (TPSA) is 34.1 Å². The molecule has 0 aliphatic rings. The summed E-state index contributed by atoms with van der Waals surface area (Å²) in [5.74, 6) is 0.874. The number of rotatable bonds is 4. The van der Waals surface area contributed by atoms with Gasteiger partial charge in [-0.25, -0.2) is 4.98 Å². The summed E-state index contributed by atoms with van der Waals surface area (Å²) in [6, 6.07) is 10.1. The van der Waals surface area contributed by atoms with Crippen LogP contribution >= 0.6 is 15.9 Å². The average Bonchev–Trinajstić information content (AvgIpc) is 2.40. The van der Waals surface area contributed by atoms with Crippen molar-refractivity contribution in [3.8, 4) is 5.75 Å². The van der Waals surface area contributed by atoms with Crippen LogP contribution in [0.2, 0.25) is 0 Å². The minimum atomic E-state index is 0.750. The maximum atomic E-state index is 5.20. The Hall–Kier alpha value is -1.55. The van der Waals surface area contributed by atoms with Crippen LogP contribution in [0.15, 0.2) is 41.1 Å². The molecule has 94 valence electrons. The van der Waals surface area contributed by atoms with E-state index in [0.29, 0.717) is 0 Å². The van der Waals surface area contributed by atoms with E-state index in [-0.39, 0.29) is 0 Å². The van der Waals surface area contributed by atoms with Crippen molar-refractivity contribution in [2.75, 3.05) is 12.4 Å². The summed E-state index contributed by atoms with van der Waals surface area (Å²) in [6.07, 6.45) is 1.82. The fourth-order valence-electron chi connectivity index (χ4n) is 1.64. The largest absolute Gasteiger partial charge is 0.497 e. The highest BCUT2D eigenvalue weighted by Gasteiger charge is 1.99. The molecule has 1 heterocycles. The number of methoxy groups -OCH3 is 1. The first kappa shape index (κ1) is 12.9. The molecule has 0 spiro atoms. The minimum absolute atomic E-state index is 0.750. The van der Waals surface area contributed by atoms with Gasteiger partial charge in [0.05, 0.1) is 19.0 Å². The normalized spacial score (nSPS) is 10.2. The first-order valence-corrected chi connectivity index (χ1v) is 6.47. The van der Waals surface area contributed by atoms with Gasteiger partial charge in [0.25, 0.3) is 0 Å². The molecule has 1 aromatic carbocycles. The average molecular weight is 307 g/mol. The Bertz CT molecular complexity index is 543. The first-order valence-electron chi connectivity index (χ1n) is 5.68. The van der Waals surface area contributed by atoms with Gasteiger partial charge in [0.2, 0.25) is 0 Å². The zero-order chi connectivity index (χ0) is 13.0. The Balaban J connectivity index is 2.04. The van der Waals surface area contributed by atoms with Gasteiger partial charge in [-0.05, 0) is 52.2 Å². The van der Waals surface area contributed by atoms with E-state index >= 15 is 0 Å². The van der Waals surface area contributed by atoms with E-state index in [1.54, 1.807) is 7.11 Å². The smallest absolute Gasteiger partial charge is 0.119 e. The van der Waals surface area contributed by atoms with Gasteiger partial charge in [-0.3, -0.25) is 0 Å². The van der Waals surface area contributed by atoms with Gasteiger partial charge in [0.15, 0.2) is 0 Å². The molecular formula is C14H15BrN2O. The molecule has 0 radical (unpaired) electrons. The molecule has 2 aromatic rings. The molecule has 0 amide bonds. The first-order chi connectivity index (χ1) is 8.69. The van der Waals surface area contributed by atoms with Crippen molar-refractivity contribution in [2.45, 2.75) is 13.5 Å². The molecule has 0 saturated carbocycles. The maximum Gasteiger partial charge on any atom is 0.119 e. The van der Waals surface area contributed by atoms with Crippen LogP contribution < -0.4 is 10.1 Å². The molecule has 0 bridgehead atoms. The summed E-state index contributed by atoms with van der Waals surface area (Å²) in [5, 5.41) is 3.34. The molecule has 3 nitrogen and oxygen atoms in total. The predicted molar refractivity (Wildman–Crippen MR) is 77.0 cm³/mol. The van der Waals surface area contributed by atoms with Gasteiger partial charge in [-0.15, -0.1) is 0 Å². The van der Waals surface area contributed by atoms with E-state index < -0.39 is 0 Å². The summed E-state index contributed by atoms with van der Waals surface area (Å²) in [6.45, 7) is 2.77. The summed E-state index contributed by atoms with van der Waals surface area (Å²) >= 11 is 3.39. The van der Waals surface area contributed by atoms with E-state index in [4.69, 9.17) is 4.74 Å². The van der Waals surface area contributed by atoms with Crippen molar-refractivity contribution in [2.24, 2.45) is 0 Å². The lowest BCUT2D eigenvalue weighted by molar-refractivity contribution is 0.414. The third-order valence-electron chi connectivity index (χ3n) is 2.65. The van der Waals surface area contributed by atoms with Crippen molar-refractivity contribution < 1.29 is 4.74 Å². The monoisotopic (exact) mass is 306 g/mol. The molecule has 2 rings (SSSR count). The third-order valence-corrected chi connectivity index (χ3v) is 3.48. The highest BCUT2D eigenvalue weighted by Crippen LogP contribution is 2.18. The Morgan fingerprint density at radius 1 is 1.33 bits per heavy atom. The lowest BCUT2D eigenvalue weighted by atomic mass is 10.2. The zero-order valence-corrected chi connectivity index (χ0v) is 12.0. The van der Waals surface area contributed by atoms with Gasteiger partial charge in [-0.2, -0.15) is 0 Å². The molecule has 4 heteroatoms. The molecule has 0 unspecified atom stereocenters. The van der Waals surface area contributed by atoms with Crippen molar-refractivity contribution in [3.05, 3.63) is 52.3 Å². The SMILES string of the molecule is COc1cccc(CNc2cnc(Br)c(C)c2)c1. The Labute approximate surface area is 115 Å². The zero-order valence-electron chi connectivity index (χ0n) is 10.4. The van der Waals surface area contributed by atoms with E-state index in [9.17, 15) is 0 Å². The number of nitrogens with one attached hydrogen (secondary N) is 1. The lowest BCUT2D eigenvalue weighted by Gasteiger charge is -2.08. The summed E-state index contributed by atoms with van der Waals surface area (Å²) in [4.78, 5) is 4.25. The van der Waals surface area contributed by atoms with Gasteiger partial charge < -0.3 is 10.1 Å². The van der Waals surface area contributed by atoms with Crippen LogP contribution in [0.4, 0.5) is 5.69 Å². The van der Waals surface area contributed by atoms with Crippen LogP contribution in [0.1, 0.15) is 11.1 Å². The van der Waals surface area contributed by atoms with Crippen molar-refractivity contribution in [1.29, 1.82) is 0 Å². The number of nitrogens with zero attached hydrogens (tertiary/aromatic N) is 1. The van der Waals surface area contributed by atoms with Crippen LogP contribution in [0.25, 0.3) is 0 Å². The number of hydrogen-bond donors (Lipinski definition) is 1. The van der Waals surface area contributed by atoms with Gasteiger partial charge in [0, 0.05) is 6.54 Å². The Morgan fingerprint density at radius 3 is 2.89 bits per heavy atom. The highest BCUT2D eigenvalue weighted by atomic mass is 79.9. The summed E-state index contributed by atoms with van der Waals surface area (Å²) in [7, 11) is 1.68. The number of hydrogen-bond acceptors (Lipinski definition) is 3. The number of anilines is 1. The molecular weight excluding hydrogens is 292 g/mol. The van der Waals surface area contributed by atoms with Crippen molar-refractivity contribution in [3.63, 3.8) is 0 Å². The summed E-state index contributed by atoms with van der Waals surface area (Å²) in [5.41, 5.74) is 3.30.